The Hall–Kier alpha value is -3.37. The van der Waals surface area contributed by atoms with Crippen molar-refractivity contribution in [2.75, 3.05) is 0 Å². The highest BCUT2D eigenvalue weighted by Gasteiger charge is 2.17. The third-order valence-electron chi connectivity index (χ3n) is 3.68. The van der Waals surface area contributed by atoms with E-state index in [0.717, 1.165) is 17.1 Å². The number of nitriles is 1. The average Bonchev–Trinajstić information content (AvgIpc) is 3.34. The summed E-state index contributed by atoms with van der Waals surface area (Å²) < 4.78 is 7.48. The van der Waals surface area contributed by atoms with E-state index in [1.165, 1.54) is 11.8 Å². The Morgan fingerprint density at radius 3 is 2.65 bits per heavy atom. The number of hydrogen-bond acceptors (Lipinski definition) is 6. The lowest BCUT2D eigenvalue weighted by Crippen LogP contribution is -2.03. The molecule has 3 heterocycles. The monoisotopic (exact) mass is 359 g/mol. The third kappa shape index (κ3) is 3.36. The van der Waals surface area contributed by atoms with Crippen molar-refractivity contribution < 1.29 is 4.42 Å². The first-order valence-corrected chi connectivity index (χ1v) is 8.71. The molecule has 7 heteroatoms. The van der Waals surface area contributed by atoms with E-state index in [9.17, 15) is 0 Å². The molecule has 0 spiro atoms. The molecule has 0 fully saturated rings. The predicted molar refractivity (Wildman–Crippen MR) is 96.3 cm³/mol. The largest absolute Gasteiger partial charge is 0.467 e. The van der Waals surface area contributed by atoms with E-state index in [2.05, 4.69) is 21.3 Å². The van der Waals surface area contributed by atoms with E-state index in [4.69, 9.17) is 9.68 Å². The van der Waals surface area contributed by atoms with Gasteiger partial charge in [0.15, 0.2) is 11.0 Å². The second-order valence-electron chi connectivity index (χ2n) is 5.41. The van der Waals surface area contributed by atoms with Gasteiger partial charge in [-0.05, 0) is 36.0 Å². The number of nitrogens with zero attached hydrogens (tertiary/aromatic N) is 5. The number of aromatic nitrogens is 4. The van der Waals surface area contributed by atoms with Gasteiger partial charge in [-0.2, -0.15) is 5.26 Å². The molecule has 0 aliphatic rings. The molecule has 0 unspecified atom stereocenters. The summed E-state index contributed by atoms with van der Waals surface area (Å²) in [5, 5.41) is 19.1. The third-order valence-corrected chi connectivity index (χ3v) is 4.60. The van der Waals surface area contributed by atoms with Gasteiger partial charge in [-0.3, -0.25) is 4.57 Å². The Morgan fingerprint density at radius 1 is 1.00 bits per heavy atom. The van der Waals surface area contributed by atoms with E-state index >= 15 is 0 Å². The van der Waals surface area contributed by atoms with Crippen LogP contribution in [-0.4, -0.2) is 19.7 Å². The second kappa shape index (κ2) is 7.25. The summed E-state index contributed by atoms with van der Waals surface area (Å²) in [6.07, 6.45) is 1.65. The van der Waals surface area contributed by atoms with Gasteiger partial charge < -0.3 is 4.42 Å². The molecule has 0 aliphatic carbocycles. The van der Waals surface area contributed by atoms with Gasteiger partial charge in [0.1, 0.15) is 22.5 Å². The minimum atomic E-state index is 0.371. The Kier molecular flexibility index (Phi) is 4.50. The average molecular weight is 359 g/mol. The first kappa shape index (κ1) is 16.1. The normalized spacial score (nSPS) is 10.6. The maximum Gasteiger partial charge on any atom is 0.198 e. The smallest absolute Gasteiger partial charge is 0.198 e. The maximum absolute atomic E-state index is 9.04. The van der Waals surface area contributed by atoms with Gasteiger partial charge in [0.2, 0.25) is 0 Å². The van der Waals surface area contributed by atoms with Crippen LogP contribution >= 0.6 is 11.8 Å². The highest BCUT2D eigenvalue weighted by molar-refractivity contribution is 7.99. The number of furan rings is 1. The fourth-order valence-electron chi connectivity index (χ4n) is 2.49. The van der Waals surface area contributed by atoms with Gasteiger partial charge in [0.05, 0.1) is 12.8 Å². The Balaban J connectivity index is 1.74. The molecule has 4 aromatic rings. The predicted octanol–water partition coefficient (Wildman–Crippen LogP) is 4.00. The molecule has 6 nitrogen and oxygen atoms in total. The molecule has 0 saturated heterocycles. The Bertz CT molecular complexity index is 1050. The van der Waals surface area contributed by atoms with Gasteiger partial charge in [-0.1, -0.05) is 36.4 Å². The minimum absolute atomic E-state index is 0.371. The summed E-state index contributed by atoms with van der Waals surface area (Å²) in [5.74, 6) is 1.56. The molecule has 0 radical (unpaired) electrons. The quantitative estimate of drug-likeness (QED) is 0.536. The van der Waals surface area contributed by atoms with E-state index in [1.807, 2.05) is 53.1 Å². The second-order valence-corrected chi connectivity index (χ2v) is 6.40. The first-order valence-electron chi connectivity index (χ1n) is 7.89. The van der Waals surface area contributed by atoms with Crippen molar-refractivity contribution in [3.8, 4) is 17.5 Å². The molecule has 4 rings (SSSR count). The molecule has 0 bridgehead atoms. The minimum Gasteiger partial charge on any atom is -0.467 e. The van der Waals surface area contributed by atoms with Crippen molar-refractivity contribution >= 4 is 11.8 Å². The molecule has 0 N–H and O–H groups in total. The number of benzene rings is 1. The van der Waals surface area contributed by atoms with Crippen LogP contribution in [0, 0.1) is 11.3 Å². The fourth-order valence-corrected chi connectivity index (χ4v) is 3.31. The van der Waals surface area contributed by atoms with Gasteiger partial charge in [0, 0.05) is 5.56 Å². The topological polar surface area (TPSA) is 80.5 Å². The first-order chi connectivity index (χ1) is 12.8. The molecular formula is C19H13N5OS. The van der Waals surface area contributed by atoms with Crippen LogP contribution in [0.25, 0.3) is 11.4 Å². The van der Waals surface area contributed by atoms with Crippen LogP contribution in [0.1, 0.15) is 11.5 Å². The summed E-state index contributed by atoms with van der Waals surface area (Å²) >= 11 is 1.37. The zero-order valence-electron chi connectivity index (χ0n) is 13.6. The van der Waals surface area contributed by atoms with Crippen LogP contribution in [0.3, 0.4) is 0 Å². The molecule has 0 amide bonds. The lowest BCUT2D eigenvalue weighted by atomic mass is 10.2. The molecule has 126 valence electrons. The van der Waals surface area contributed by atoms with Crippen LogP contribution in [0.15, 0.2) is 81.5 Å². The van der Waals surface area contributed by atoms with Crippen LogP contribution in [0.5, 0.6) is 0 Å². The highest BCUT2D eigenvalue weighted by Crippen LogP contribution is 2.29. The van der Waals surface area contributed by atoms with Crippen LogP contribution in [0.4, 0.5) is 0 Å². The zero-order chi connectivity index (χ0) is 17.8. The van der Waals surface area contributed by atoms with Crippen molar-refractivity contribution in [3.63, 3.8) is 0 Å². The molecule has 1 aromatic carbocycles. The van der Waals surface area contributed by atoms with Crippen molar-refractivity contribution in [2.24, 2.45) is 0 Å². The van der Waals surface area contributed by atoms with E-state index in [0.29, 0.717) is 22.4 Å². The summed E-state index contributed by atoms with van der Waals surface area (Å²) in [7, 11) is 0. The maximum atomic E-state index is 9.04. The molecule has 0 atom stereocenters. The summed E-state index contributed by atoms with van der Waals surface area (Å²) in [4.78, 5) is 4.30. The summed E-state index contributed by atoms with van der Waals surface area (Å²) in [5.41, 5.74) is 1.34. The van der Waals surface area contributed by atoms with Crippen LogP contribution < -0.4 is 0 Å². The molecule has 26 heavy (non-hydrogen) atoms. The number of rotatable bonds is 5. The SMILES string of the molecule is N#Cc1cccc(Sc2nnc(-c3ccccc3)n2Cc2ccco2)n1. The van der Waals surface area contributed by atoms with E-state index < -0.39 is 0 Å². The fraction of sp³-hybridized carbons (Fsp3) is 0.0526. The van der Waals surface area contributed by atoms with Crippen molar-refractivity contribution in [1.29, 1.82) is 5.26 Å². The van der Waals surface area contributed by atoms with E-state index in [-0.39, 0.29) is 0 Å². The number of pyridine rings is 1. The van der Waals surface area contributed by atoms with Crippen LogP contribution in [0.2, 0.25) is 0 Å². The standard InChI is InChI=1S/C19H13N5OS/c20-12-15-8-4-10-17(21-15)26-19-23-22-18(14-6-2-1-3-7-14)24(19)13-16-9-5-11-25-16/h1-11H,13H2. The van der Waals surface area contributed by atoms with Gasteiger partial charge >= 0.3 is 0 Å². The van der Waals surface area contributed by atoms with Gasteiger partial charge in [-0.25, -0.2) is 4.98 Å². The van der Waals surface area contributed by atoms with Crippen molar-refractivity contribution in [1.82, 2.24) is 19.7 Å². The number of hydrogen-bond donors (Lipinski definition) is 0. The van der Waals surface area contributed by atoms with Crippen molar-refractivity contribution in [2.45, 2.75) is 16.7 Å². The van der Waals surface area contributed by atoms with E-state index in [1.54, 1.807) is 18.4 Å². The highest BCUT2D eigenvalue weighted by atomic mass is 32.2. The molecule has 3 aromatic heterocycles. The molecule has 0 saturated carbocycles. The molecular weight excluding hydrogens is 346 g/mol. The van der Waals surface area contributed by atoms with Crippen LogP contribution in [-0.2, 0) is 6.54 Å². The lowest BCUT2D eigenvalue weighted by Gasteiger charge is -2.08. The van der Waals surface area contributed by atoms with Gasteiger partial charge in [-0.15, -0.1) is 10.2 Å². The summed E-state index contributed by atoms with van der Waals surface area (Å²) in [6.45, 7) is 0.504. The van der Waals surface area contributed by atoms with Gasteiger partial charge in [0.25, 0.3) is 0 Å². The molecule has 0 aliphatic heterocycles. The lowest BCUT2D eigenvalue weighted by molar-refractivity contribution is 0.485. The Labute approximate surface area is 154 Å². The zero-order valence-corrected chi connectivity index (χ0v) is 14.4. The van der Waals surface area contributed by atoms with Crippen molar-refractivity contribution in [3.05, 3.63) is 78.4 Å². The summed E-state index contributed by atoms with van der Waals surface area (Å²) in [6, 6.07) is 21.0. The Morgan fingerprint density at radius 2 is 1.88 bits per heavy atom.